The molecule has 1 saturated heterocycles. The Morgan fingerprint density at radius 1 is 0.956 bits per heavy atom. The highest BCUT2D eigenvalue weighted by Crippen LogP contribution is 2.34. The molecule has 6 rings (SSSR count). The van der Waals surface area contributed by atoms with Crippen LogP contribution in [0.4, 0.5) is 13.2 Å². The number of fused-ring (bicyclic) bond motifs is 1. The topological polar surface area (TPSA) is 62.4 Å². The maximum atomic E-state index is 15.2. The van der Waals surface area contributed by atoms with E-state index in [4.69, 9.17) is 0 Å². The first-order valence-electron chi connectivity index (χ1n) is 15.2. The molecule has 3 heterocycles. The molecule has 1 fully saturated rings. The van der Waals surface area contributed by atoms with E-state index in [0.717, 1.165) is 35.1 Å². The van der Waals surface area contributed by atoms with Crippen LogP contribution in [0.3, 0.4) is 0 Å². The summed E-state index contributed by atoms with van der Waals surface area (Å²) in [5.41, 5.74) is 2.24. The number of hydrogen-bond acceptors (Lipinski definition) is 5. The predicted molar refractivity (Wildman–Crippen MR) is 168 cm³/mol. The number of piperazine rings is 1. The molecule has 2 atom stereocenters. The number of hydrogen-bond donors (Lipinski definition) is 1. The van der Waals surface area contributed by atoms with Crippen molar-refractivity contribution in [3.05, 3.63) is 132 Å². The largest absolute Gasteiger partial charge is 0.381 e. The number of aromatic nitrogens is 4. The van der Waals surface area contributed by atoms with Gasteiger partial charge in [0, 0.05) is 68.5 Å². The average molecular weight is 615 g/mol. The number of nitrogens with zero attached hydrogens (tertiary/aromatic N) is 6. The van der Waals surface area contributed by atoms with Crippen LogP contribution in [0.25, 0.3) is 10.9 Å². The lowest BCUT2D eigenvalue weighted by atomic mass is 9.85. The number of halogens is 3. The molecule has 0 radical (unpaired) electrons. The van der Waals surface area contributed by atoms with E-state index in [1.807, 2.05) is 23.6 Å². The van der Waals surface area contributed by atoms with Crippen LogP contribution in [-0.2, 0) is 31.7 Å². The normalized spacial score (nSPS) is 16.6. The van der Waals surface area contributed by atoms with Crippen LogP contribution in [0.1, 0.15) is 29.2 Å². The summed E-state index contributed by atoms with van der Waals surface area (Å²) in [4.78, 5) is 8.39. The Hall–Kier alpha value is -4.25. The molecule has 1 N–H and O–H groups in total. The monoisotopic (exact) mass is 614 g/mol. The second-order valence-corrected chi connectivity index (χ2v) is 11.9. The number of rotatable bonds is 11. The third kappa shape index (κ3) is 6.45. The lowest BCUT2D eigenvalue weighted by molar-refractivity contribution is -0.0743. The average Bonchev–Trinajstić information content (AvgIpc) is 3.66. The van der Waals surface area contributed by atoms with Gasteiger partial charge in [-0.25, -0.2) is 22.8 Å². The van der Waals surface area contributed by atoms with Gasteiger partial charge in [-0.1, -0.05) is 48.5 Å². The van der Waals surface area contributed by atoms with Crippen molar-refractivity contribution in [2.24, 2.45) is 0 Å². The summed E-state index contributed by atoms with van der Waals surface area (Å²) >= 11 is 0. The molecule has 1 aliphatic heterocycles. The molecule has 0 bridgehead atoms. The maximum Gasteiger partial charge on any atom is 0.147 e. The fourth-order valence-corrected chi connectivity index (χ4v) is 6.48. The minimum Gasteiger partial charge on any atom is -0.381 e. The highest BCUT2D eigenvalue weighted by atomic mass is 19.1. The van der Waals surface area contributed by atoms with Gasteiger partial charge in [-0.2, -0.15) is 5.10 Å². The SMILES string of the molecule is C=CCc1ccc(Cn2cc(CN3CCN([C@H](C)[C@](O)(Cn4cncn4)c4ccc(F)cc4F)CC3)c3cccc(F)c32)cc1. The smallest absolute Gasteiger partial charge is 0.147 e. The minimum absolute atomic E-state index is 0.0134. The van der Waals surface area contributed by atoms with Gasteiger partial charge in [-0.05, 0) is 42.2 Å². The first-order chi connectivity index (χ1) is 21.7. The minimum atomic E-state index is -1.69. The van der Waals surface area contributed by atoms with E-state index in [1.165, 1.54) is 35.0 Å². The van der Waals surface area contributed by atoms with Gasteiger partial charge in [0.1, 0.15) is 35.7 Å². The number of para-hydroxylation sites is 1. The van der Waals surface area contributed by atoms with Crippen molar-refractivity contribution >= 4 is 10.9 Å². The molecule has 10 heteroatoms. The molecular formula is C35H37F3N6O. The summed E-state index contributed by atoms with van der Waals surface area (Å²) < 4.78 is 47.4. The number of allylic oxidation sites excluding steroid dienone is 1. The summed E-state index contributed by atoms with van der Waals surface area (Å²) in [5.74, 6) is -1.76. The van der Waals surface area contributed by atoms with Gasteiger partial charge in [-0.3, -0.25) is 9.80 Å². The van der Waals surface area contributed by atoms with E-state index < -0.39 is 23.3 Å². The predicted octanol–water partition coefficient (Wildman–Crippen LogP) is 5.52. The molecule has 45 heavy (non-hydrogen) atoms. The second-order valence-electron chi connectivity index (χ2n) is 11.9. The van der Waals surface area contributed by atoms with Crippen molar-refractivity contribution in [1.29, 1.82) is 0 Å². The lowest BCUT2D eigenvalue weighted by Crippen LogP contribution is -2.57. The van der Waals surface area contributed by atoms with Crippen LogP contribution < -0.4 is 0 Å². The Kier molecular flexibility index (Phi) is 8.89. The zero-order valence-corrected chi connectivity index (χ0v) is 25.3. The maximum absolute atomic E-state index is 15.2. The molecule has 234 valence electrons. The Morgan fingerprint density at radius 3 is 2.40 bits per heavy atom. The third-order valence-electron chi connectivity index (χ3n) is 8.99. The number of aliphatic hydroxyl groups is 1. The number of benzene rings is 3. The molecule has 3 aromatic carbocycles. The van der Waals surface area contributed by atoms with Gasteiger partial charge in [0.25, 0.3) is 0 Å². The van der Waals surface area contributed by atoms with Crippen molar-refractivity contribution in [1.82, 2.24) is 29.1 Å². The van der Waals surface area contributed by atoms with Gasteiger partial charge >= 0.3 is 0 Å². The van der Waals surface area contributed by atoms with E-state index in [-0.39, 0.29) is 17.9 Å². The standard InChI is InChI=1S/C35H37F3N6O/c1-3-5-26-8-10-27(11-9-26)19-43-21-28(30-6-4-7-32(37)34(30)43)20-41-14-16-42(17-15-41)25(2)35(45,22-44-24-39-23-40-44)31-13-12-29(36)18-33(31)38/h3-4,6-13,18,21,23-25,45H,1,5,14-17,19-20,22H2,2H3/t25-,35-/m1/s1. The molecule has 1 aliphatic rings. The molecule has 0 aliphatic carbocycles. The fourth-order valence-electron chi connectivity index (χ4n) is 6.48. The molecular weight excluding hydrogens is 577 g/mol. The molecule has 0 amide bonds. The molecule has 7 nitrogen and oxygen atoms in total. The van der Waals surface area contributed by atoms with Crippen LogP contribution >= 0.6 is 0 Å². The van der Waals surface area contributed by atoms with E-state index in [2.05, 4.69) is 56.9 Å². The second kappa shape index (κ2) is 13.0. The van der Waals surface area contributed by atoms with Gasteiger partial charge in [0.05, 0.1) is 12.1 Å². The Balaban J connectivity index is 1.18. The molecule has 2 aromatic heterocycles. The van der Waals surface area contributed by atoms with Crippen LogP contribution in [-0.4, -0.2) is 66.5 Å². The zero-order valence-electron chi connectivity index (χ0n) is 25.3. The summed E-state index contributed by atoms with van der Waals surface area (Å²) in [5, 5.41) is 17.0. The summed E-state index contributed by atoms with van der Waals surface area (Å²) in [6, 6.07) is 16.3. The van der Waals surface area contributed by atoms with Crippen molar-refractivity contribution in [3.8, 4) is 0 Å². The van der Waals surface area contributed by atoms with Crippen LogP contribution in [0, 0.1) is 17.5 Å². The van der Waals surface area contributed by atoms with Crippen molar-refractivity contribution < 1.29 is 18.3 Å². The van der Waals surface area contributed by atoms with Crippen molar-refractivity contribution in [2.45, 2.75) is 44.6 Å². The quantitative estimate of drug-likeness (QED) is 0.199. The van der Waals surface area contributed by atoms with Crippen LogP contribution in [0.15, 0.2) is 92.2 Å². The van der Waals surface area contributed by atoms with Crippen molar-refractivity contribution in [3.63, 3.8) is 0 Å². The third-order valence-corrected chi connectivity index (χ3v) is 8.99. The fraction of sp³-hybridized carbons (Fsp3) is 0.314. The summed E-state index contributed by atoms with van der Waals surface area (Å²) in [6.07, 6.45) is 7.56. The Bertz CT molecular complexity index is 1760. The lowest BCUT2D eigenvalue weighted by Gasteiger charge is -2.45. The Labute approximate surface area is 260 Å². The summed E-state index contributed by atoms with van der Waals surface area (Å²) in [6.45, 7) is 9.45. The van der Waals surface area contributed by atoms with E-state index in [1.54, 1.807) is 6.07 Å². The van der Waals surface area contributed by atoms with Crippen LogP contribution in [0.2, 0.25) is 0 Å². The van der Waals surface area contributed by atoms with Gasteiger partial charge in [0.2, 0.25) is 0 Å². The molecule has 0 unspecified atom stereocenters. The molecule has 0 saturated carbocycles. The first kappa shape index (κ1) is 30.8. The van der Waals surface area contributed by atoms with E-state index in [0.29, 0.717) is 44.8 Å². The first-order valence-corrected chi connectivity index (χ1v) is 15.2. The zero-order chi connectivity index (χ0) is 31.6. The van der Waals surface area contributed by atoms with Gasteiger partial charge in [-0.15, -0.1) is 6.58 Å². The Morgan fingerprint density at radius 2 is 1.71 bits per heavy atom. The van der Waals surface area contributed by atoms with Crippen LogP contribution in [0.5, 0.6) is 0 Å². The van der Waals surface area contributed by atoms with Gasteiger partial charge in [0.15, 0.2) is 0 Å². The van der Waals surface area contributed by atoms with E-state index >= 15 is 8.78 Å². The molecule has 5 aromatic rings. The summed E-state index contributed by atoms with van der Waals surface area (Å²) in [7, 11) is 0. The highest BCUT2D eigenvalue weighted by Gasteiger charge is 2.42. The highest BCUT2D eigenvalue weighted by molar-refractivity contribution is 5.84. The van der Waals surface area contributed by atoms with Crippen molar-refractivity contribution in [2.75, 3.05) is 26.2 Å². The van der Waals surface area contributed by atoms with Gasteiger partial charge < -0.3 is 9.67 Å². The molecule has 0 spiro atoms. The van der Waals surface area contributed by atoms with E-state index in [9.17, 15) is 9.50 Å².